The number of rotatable bonds is 9. The van der Waals surface area contributed by atoms with Crippen LogP contribution in [-0.2, 0) is 0 Å². The minimum atomic E-state index is 0.422. The predicted octanol–water partition coefficient (Wildman–Crippen LogP) is 4.99. The molecule has 0 amide bonds. The summed E-state index contributed by atoms with van der Waals surface area (Å²) in [6.45, 7) is 11.5. The molecule has 0 aliphatic heterocycles. The Kier molecular flexibility index (Phi) is 7.15. The summed E-state index contributed by atoms with van der Waals surface area (Å²) in [6.07, 6.45) is 5.37. The van der Waals surface area contributed by atoms with Gasteiger partial charge in [0.05, 0.1) is 0 Å². The van der Waals surface area contributed by atoms with E-state index in [2.05, 4.69) is 63.3 Å². The van der Waals surface area contributed by atoms with Gasteiger partial charge in [-0.1, -0.05) is 77.3 Å². The van der Waals surface area contributed by atoms with Gasteiger partial charge in [-0.25, -0.2) is 0 Å². The molecular formula is C18H31N. The third-order valence-corrected chi connectivity index (χ3v) is 3.88. The number of benzene rings is 1. The Morgan fingerprint density at radius 2 is 1.79 bits per heavy atom. The Morgan fingerprint density at radius 1 is 1.11 bits per heavy atom. The molecule has 1 heteroatoms. The Morgan fingerprint density at radius 3 is 2.42 bits per heavy atom. The second-order valence-corrected chi connectivity index (χ2v) is 6.56. The lowest BCUT2D eigenvalue weighted by Crippen LogP contribution is -2.31. The summed E-state index contributed by atoms with van der Waals surface area (Å²) >= 11 is 0. The largest absolute Gasteiger partial charge is 0.316 e. The van der Waals surface area contributed by atoms with E-state index >= 15 is 0 Å². The van der Waals surface area contributed by atoms with Gasteiger partial charge in [0.15, 0.2) is 0 Å². The first-order valence-corrected chi connectivity index (χ1v) is 7.81. The van der Waals surface area contributed by atoms with Gasteiger partial charge in [0.2, 0.25) is 0 Å². The zero-order valence-corrected chi connectivity index (χ0v) is 13.2. The van der Waals surface area contributed by atoms with Crippen LogP contribution in [0.25, 0.3) is 0 Å². The van der Waals surface area contributed by atoms with Crippen LogP contribution in [0.15, 0.2) is 30.3 Å². The molecule has 1 nitrogen and oxygen atoms in total. The zero-order chi connectivity index (χ0) is 14.1. The molecule has 0 bridgehead atoms. The van der Waals surface area contributed by atoms with Gasteiger partial charge in [0, 0.05) is 13.1 Å². The van der Waals surface area contributed by atoms with E-state index in [1.54, 1.807) is 0 Å². The molecule has 1 aromatic rings. The molecule has 1 rings (SSSR count). The van der Waals surface area contributed by atoms with Gasteiger partial charge in [-0.2, -0.15) is 0 Å². The highest BCUT2D eigenvalue weighted by Gasteiger charge is 2.17. The molecule has 0 saturated heterocycles. The van der Waals surface area contributed by atoms with Gasteiger partial charge in [-0.05, 0) is 23.3 Å². The van der Waals surface area contributed by atoms with E-state index in [9.17, 15) is 0 Å². The van der Waals surface area contributed by atoms with E-state index in [0.717, 1.165) is 13.1 Å². The predicted molar refractivity (Wildman–Crippen MR) is 85.6 cm³/mol. The topological polar surface area (TPSA) is 12.0 Å². The fourth-order valence-corrected chi connectivity index (χ4v) is 2.47. The van der Waals surface area contributed by atoms with Gasteiger partial charge < -0.3 is 5.32 Å². The van der Waals surface area contributed by atoms with Crippen molar-refractivity contribution in [2.24, 2.45) is 5.41 Å². The number of nitrogens with one attached hydrogen (secondary N) is 1. The lowest BCUT2D eigenvalue weighted by atomic mass is 9.86. The quantitative estimate of drug-likeness (QED) is 0.618. The van der Waals surface area contributed by atoms with Gasteiger partial charge in [-0.3, -0.25) is 0 Å². The highest BCUT2D eigenvalue weighted by molar-refractivity contribution is 5.18. The number of hydrogen-bond donors (Lipinski definition) is 1. The molecule has 108 valence electrons. The maximum absolute atomic E-state index is 3.65. The molecule has 0 aliphatic rings. The normalized spacial score (nSPS) is 13.5. The molecule has 0 radical (unpaired) electrons. The molecule has 0 aliphatic carbocycles. The number of unbranched alkanes of at least 4 members (excludes halogenated alkanes) is 2. The Hall–Kier alpha value is -0.820. The van der Waals surface area contributed by atoms with Gasteiger partial charge in [0.1, 0.15) is 0 Å². The van der Waals surface area contributed by atoms with Crippen molar-refractivity contribution in [2.75, 3.05) is 13.1 Å². The molecule has 0 fully saturated rings. The van der Waals surface area contributed by atoms with Crippen molar-refractivity contribution in [3.8, 4) is 0 Å². The Labute approximate surface area is 119 Å². The van der Waals surface area contributed by atoms with Crippen LogP contribution in [0.2, 0.25) is 0 Å². The van der Waals surface area contributed by atoms with Crippen molar-refractivity contribution < 1.29 is 0 Å². The molecule has 0 heterocycles. The molecule has 19 heavy (non-hydrogen) atoms. The highest BCUT2D eigenvalue weighted by Crippen LogP contribution is 2.23. The summed E-state index contributed by atoms with van der Waals surface area (Å²) in [4.78, 5) is 0. The van der Waals surface area contributed by atoms with Crippen LogP contribution in [0.4, 0.5) is 0 Å². The first-order valence-electron chi connectivity index (χ1n) is 7.81. The Bertz CT molecular complexity index is 329. The smallest absolute Gasteiger partial charge is 0.00177 e. The monoisotopic (exact) mass is 261 g/mol. The van der Waals surface area contributed by atoms with Crippen molar-refractivity contribution in [3.05, 3.63) is 35.9 Å². The minimum Gasteiger partial charge on any atom is -0.316 e. The van der Waals surface area contributed by atoms with Crippen molar-refractivity contribution in [3.63, 3.8) is 0 Å². The molecule has 0 spiro atoms. The summed E-state index contributed by atoms with van der Waals surface area (Å²) in [5.41, 5.74) is 1.85. The summed E-state index contributed by atoms with van der Waals surface area (Å²) in [6, 6.07) is 10.8. The van der Waals surface area contributed by atoms with Gasteiger partial charge in [-0.15, -0.1) is 0 Å². The SMILES string of the molecule is CCCCCC(C)(C)CNCC(C)c1ccccc1. The van der Waals surface area contributed by atoms with Crippen molar-refractivity contribution in [2.45, 2.75) is 59.3 Å². The lowest BCUT2D eigenvalue weighted by Gasteiger charge is -2.26. The summed E-state index contributed by atoms with van der Waals surface area (Å²) in [7, 11) is 0. The van der Waals surface area contributed by atoms with Crippen LogP contribution >= 0.6 is 0 Å². The van der Waals surface area contributed by atoms with Crippen molar-refractivity contribution in [1.29, 1.82) is 0 Å². The van der Waals surface area contributed by atoms with Crippen LogP contribution in [0, 0.1) is 5.41 Å². The van der Waals surface area contributed by atoms with Crippen LogP contribution in [0.1, 0.15) is 64.9 Å². The fourth-order valence-electron chi connectivity index (χ4n) is 2.47. The second kappa shape index (κ2) is 8.37. The minimum absolute atomic E-state index is 0.422. The van der Waals surface area contributed by atoms with E-state index in [1.807, 2.05) is 0 Å². The summed E-state index contributed by atoms with van der Waals surface area (Å²) < 4.78 is 0. The maximum atomic E-state index is 3.65. The van der Waals surface area contributed by atoms with Crippen LogP contribution in [0.3, 0.4) is 0 Å². The van der Waals surface area contributed by atoms with Crippen molar-refractivity contribution in [1.82, 2.24) is 5.32 Å². The zero-order valence-electron chi connectivity index (χ0n) is 13.2. The lowest BCUT2D eigenvalue weighted by molar-refractivity contribution is 0.300. The third-order valence-electron chi connectivity index (χ3n) is 3.88. The first-order chi connectivity index (χ1) is 9.05. The van der Waals surface area contributed by atoms with E-state index in [4.69, 9.17) is 0 Å². The average molecular weight is 261 g/mol. The Balaban J connectivity index is 2.25. The fraction of sp³-hybridized carbons (Fsp3) is 0.667. The molecule has 1 atom stereocenters. The molecule has 1 unspecified atom stereocenters. The van der Waals surface area contributed by atoms with Gasteiger partial charge in [0.25, 0.3) is 0 Å². The van der Waals surface area contributed by atoms with Crippen LogP contribution in [0.5, 0.6) is 0 Å². The average Bonchev–Trinajstić information content (AvgIpc) is 2.39. The highest BCUT2D eigenvalue weighted by atomic mass is 14.9. The van der Waals surface area contributed by atoms with Crippen molar-refractivity contribution >= 4 is 0 Å². The second-order valence-electron chi connectivity index (χ2n) is 6.56. The van der Waals surface area contributed by atoms with E-state index in [0.29, 0.717) is 11.3 Å². The molecule has 0 saturated carbocycles. The summed E-state index contributed by atoms with van der Waals surface area (Å²) in [5, 5.41) is 3.65. The molecular weight excluding hydrogens is 230 g/mol. The van der Waals surface area contributed by atoms with E-state index in [-0.39, 0.29) is 0 Å². The standard InChI is InChI=1S/C18H31N/c1-5-6-10-13-18(3,4)15-19-14-16(2)17-11-8-7-9-12-17/h7-9,11-12,16,19H,5-6,10,13-15H2,1-4H3. The molecule has 0 aromatic heterocycles. The molecule has 1 aromatic carbocycles. The molecule has 1 N–H and O–H groups in total. The first kappa shape index (κ1) is 16.2. The van der Waals surface area contributed by atoms with Crippen LogP contribution < -0.4 is 5.32 Å². The maximum Gasteiger partial charge on any atom is 0.00177 e. The summed E-state index contributed by atoms with van der Waals surface area (Å²) in [5.74, 6) is 0.590. The van der Waals surface area contributed by atoms with Gasteiger partial charge >= 0.3 is 0 Å². The number of hydrogen-bond acceptors (Lipinski definition) is 1. The third kappa shape index (κ3) is 6.77. The van der Waals surface area contributed by atoms with Crippen LogP contribution in [-0.4, -0.2) is 13.1 Å². The van der Waals surface area contributed by atoms with E-state index < -0.39 is 0 Å². The van der Waals surface area contributed by atoms with E-state index in [1.165, 1.54) is 31.2 Å².